The highest BCUT2D eigenvalue weighted by molar-refractivity contribution is 5.90. The molecule has 1 aliphatic rings. The molecule has 3 amide bonds. The molecule has 2 N–H and O–H groups in total. The number of anilines is 1. The fraction of sp³-hybridized carbons (Fsp3) is 0.364. The number of carbonyl (C=O) groups is 2. The minimum atomic E-state index is -0.514. The lowest BCUT2D eigenvalue weighted by Gasteiger charge is -2.38. The zero-order valence-electron chi connectivity index (χ0n) is 16.3. The van der Waals surface area contributed by atoms with Crippen molar-refractivity contribution in [3.8, 4) is 0 Å². The molecular formula is C22H26FN3O2. The van der Waals surface area contributed by atoms with Crippen LogP contribution in [-0.2, 0) is 11.3 Å². The molecule has 0 aromatic heterocycles. The Morgan fingerprint density at radius 1 is 1.07 bits per heavy atom. The van der Waals surface area contributed by atoms with E-state index in [1.807, 2.05) is 38.1 Å². The van der Waals surface area contributed by atoms with Crippen molar-refractivity contribution in [2.24, 2.45) is 5.41 Å². The number of carbonyl (C=O) groups excluding carboxylic acids is 2. The zero-order chi connectivity index (χ0) is 20.1. The van der Waals surface area contributed by atoms with Crippen LogP contribution in [0.4, 0.5) is 14.9 Å². The summed E-state index contributed by atoms with van der Waals surface area (Å²) in [4.78, 5) is 26.7. The van der Waals surface area contributed by atoms with Gasteiger partial charge in [0.2, 0.25) is 5.91 Å². The summed E-state index contributed by atoms with van der Waals surface area (Å²) >= 11 is 0. The Kier molecular flexibility index (Phi) is 5.97. The van der Waals surface area contributed by atoms with Crippen LogP contribution >= 0.6 is 0 Å². The number of nitrogens with one attached hydrogen (secondary N) is 2. The van der Waals surface area contributed by atoms with Gasteiger partial charge in [-0.1, -0.05) is 48.9 Å². The zero-order valence-corrected chi connectivity index (χ0v) is 16.3. The van der Waals surface area contributed by atoms with E-state index >= 15 is 0 Å². The van der Waals surface area contributed by atoms with Crippen molar-refractivity contribution in [2.75, 3.05) is 18.4 Å². The summed E-state index contributed by atoms with van der Waals surface area (Å²) < 4.78 is 13.7. The van der Waals surface area contributed by atoms with E-state index in [4.69, 9.17) is 0 Å². The van der Waals surface area contributed by atoms with Crippen LogP contribution < -0.4 is 10.6 Å². The standard InChI is InChI=1S/C22H26FN3O2/c1-16-7-9-17(10-8-16)15-24-20(27)22(2)11-13-26(14-12-22)21(28)25-19-6-4-3-5-18(19)23/h3-10H,11-15H2,1-2H3,(H,24,27)(H,25,28). The number of para-hydroxylation sites is 1. The van der Waals surface area contributed by atoms with Crippen LogP contribution in [-0.4, -0.2) is 29.9 Å². The van der Waals surface area contributed by atoms with Crippen LogP contribution in [0.5, 0.6) is 0 Å². The molecule has 148 valence electrons. The number of benzene rings is 2. The van der Waals surface area contributed by atoms with Gasteiger partial charge in [0.25, 0.3) is 0 Å². The third-order valence-electron chi connectivity index (χ3n) is 5.39. The van der Waals surface area contributed by atoms with E-state index in [2.05, 4.69) is 10.6 Å². The summed E-state index contributed by atoms with van der Waals surface area (Å²) in [6, 6.07) is 13.8. The molecule has 0 unspecified atom stereocenters. The first kappa shape index (κ1) is 19.9. The van der Waals surface area contributed by atoms with E-state index in [1.54, 1.807) is 17.0 Å². The fourth-order valence-electron chi connectivity index (χ4n) is 3.29. The molecule has 3 rings (SSSR count). The number of hydrogen-bond donors (Lipinski definition) is 2. The minimum Gasteiger partial charge on any atom is -0.352 e. The smallest absolute Gasteiger partial charge is 0.321 e. The first-order valence-electron chi connectivity index (χ1n) is 9.52. The summed E-state index contributed by atoms with van der Waals surface area (Å²) in [6.07, 6.45) is 1.13. The highest BCUT2D eigenvalue weighted by atomic mass is 19.1. The molecule has 0 atom stereocenters. The van der Waals surface area contributed by atoms with E-state index in [1.165, 1.54) is 17.7 Å². The molecule has 0 bridgehead atoms. The Balaban J connectivity index is 1.51. The summed E-state index contributed by atoms with van der Waals surface area (Å²) in [7, 11) is 0. The van der Waals surface area contributed by atoms with Crippen LogP contribution in [0.3, 0.4) is 0 Å². The molecule has 1 aliphatic heterocycles. The Hall–Kier alpha value is -2.89. The van der Waals surface area contributed by atoms with Gasteiger partial charge in [0.05, 0.1) is 5.69 Å². The Labute approximate surface area is 164 Å². The first-order valence-corrected chi connectivity index (χ1v) is 9.52. The molecule has 1 heterocycles. The van der Waals surface area contributed by atoms with Crippen molar-refractivity contribution >= 4 is 17.6 Å². The summed E-state index contributed by atoms with van der Waals surface area (Å²) in [6.45, 7) is 5.36. The lowest BCUT2D eigenvalue weighted by atomic mass is 9.79. The average molecular weight is 383 g/mol. The van der Waals surface area contributed by atoms with Crippen molar-refractivity contribution in [2.45, 2.75) is 33.2 Å². The van der Waals surface area contributed by atoms with Crippen molar-refractivity contribution < 1.29 is 14.0 Å². The second-order valence-corrected chi connectivity index (χ2v) is 7.63. The third-order valence-corrected chi connectivity index (χ3v) is 5.39. The van der Waals surface area contributed by atoms with Crippen LogP contribution in [0.15, 0.2) is 48.5 Å². The fourth-order valence-corrected chi connectivity index (χ4v) is 3.29. The SMILES string of the molecule is Cc1ccc(CNC(=O)C2(C)CCN(C(=O)Nc3ccccc3F)CC2)cc1. The molecule has 0 saturated carbocycles. The topological polar surface area (TPSA) is 61.4 Å². The number of amides is 3. The Morgan fingerprint density at radius 3 is 2.36 bits per heavy atom. The predicted molar refractivity (Wildman–Crippen MR) is 107 cm³/mol. The largest absolute Gasteiger partial charge is 0.352 e. The second-order valence-electron chi connectivity index (χ2n) is 7.63. The summed E-state index contributed by atoms with van der Waals surface area (Å²) in [5, 5.41) is 5.61. The van der Waals surface area contributed by atoms with E-state index in [9.17, 15) is 14.0 Å². The summed E-state index contributed by atoms with van der Waals surface area (Å²) in [5.74, 6) is -0.463. The second kappa shape index (κ2) is 8.42. The molecule has 5 nitrogen and oxygen atoms in total. The number of urea groups is 1. The van der Waals surface area contributed by atoms with Gasteiger partial charge >= 0.3 is 6.03 Å². The van der Waals surface area contributed by atoms with Crippen molar-refractivity contribution in [3.05, 3.63) is 65.5 Å². The van der Waals surface area contributed by atoms with Crippen molar-refractivity contribution in [1.82, 2.24) is 10.2 Å². The van der Waals surface area contributed by atoms with Gasteiger partial charge in [0, 0.05) is 25.0 Å². The van der Waals surface area contributed by atoms with E-state index in [0.717, 1.165) is 5.56 Å². The van der Waals surface area contributed by atoms with Gasteiger partial charge in [-0.2, -0.15) is 0 Å². The predicted octanol–water partition coefficient (Wildman–Crippen LogP) is 4.08. The van der Waals surface area contributed by atoms with Crippen molar-refractivity contribution in [3.63, 3.8) is 0 Å². The van der Waals surface area contributed by atoms with Crippen LogP contribution in [0, 0.1) is 18.2 Å². The monoisotopic (exact) mass is 383 g/mol. The number of aryl methyl sites for hydroxylation is 1. The van der Waals surface area contributed by atoms with Crippen LogP contribution in [0.1, 0.15) is 30.9 Å². The molecule has 0 radical (unpaired) electrons. The number of piperidine rings is 1. The van der Waals surface area contributed by atoms with E-state index < -0.39 is 11.2 Å². The van der Waals surface area contributed by atoms with Crippen LogP contribution in [0.25, 0.3) is 0 Å². The first-order chi connectivity index (χ1) is 13.4. The number of hydrogen-bond acceptors (Lipinski definition) is 2. The number of rotatable bonds is 4. The lowest BCUT2D eigenvalue weighted by molar-refractivity contribution is -0.132. The van der Waals surface area contributed by atoms with Gasteiger partial charge in [-0.3, -0.25) is 4.79 Å². The lowest BCUT2D eigenvalue weighted by Crippen LogP contribution is -2.49. The molecule has 0 aliphatic carbocycles. The molecule has 2 aromatic rings. The summed E-state index contributed by atoms with van der Waals surface area (Å²) in [5.41, 5.74) is 1.89. The maximum absolute atomic E-state index is 13.7. The maximum atomic E-state index is 13.7. The maximum Gasteiger partial charge on any atom is 0.321 e. The third kappa shape index (κ3) is 4.68. The number of halogens is 1. The molecular weight excluding hydrogens is 357 g/mol. The molecule has 6 heteroatoms. The minimum absolute atomic E-state index is 0.00207. The molecule has 1 saturated heterocycles. The molecule has 1 fully saturated rings. The van der Waals surface area contributed by atoms with Gasteiger partial charge < -0.3 is 15.5 Å². The Bertz CT molecular complexity index is 843. The number of nitrogens with zero attached hydrogens (tertiary/aromatic N) is 1. The quantitative estimate of drug-likeness (QED) is 0.836. The normalized spacial score (nSPS) is 15.8. The van der Waals surface area contributed by atoms with Gasteiger partial charge in [-0.15, -0.1) is 0 Å². The molecule has 28 heavy (non-hydrogen) atoms. The van der Waals surface area contributed by atoms with Crippen LogP contribution in [0.2, 0.25) is 0 Å². The highest BCUT2D eigenvalue weighted by Crippen LogP contribution is 2.31. The average Bonchev–Trinajstić information content (AvgIpc) is 2.69. The molecule has 2 aromatic carbocycles. The highest BCUT2D eigenvalue weighted by Gasteiger charge is 2.38. The van der Waals surface area contributed by atoms with Crippen molar-refractivity contribution in [1.29, 1.82) is 0 Å². The number of likely N-dealkylation sites (tertiary alicyclic amines) is 1. The Morgan fingerprint density at radius 2 is 1.71 bits per heavy atom. The van der Waals surface area contributed by atoms with Gasteiger partial charge in [-0.05, 0) is 37.5 Å². The van der Waals surface area contributed by atoms with Gasteiger partial charge in [0.15, 0.2) is 0 Å². The van der Waals surface area contributed by atoms with Gasteiger partial charge in [0.1, 0.15) is 5.82 Å². The molecule has 0 spiro atoms. The van der Waals surface area contributed by atoms with Gasteiger partial charge in [-0.25, -0.2) is 9.18 Å². The van der Waals surface area contributed by atoms with E-state index in [0.29, 0.717) is 32.5 Å². The van der Waals surface area contributed by atoms with E-state index in [-0.39, 0.29) is 17.6 Å².